The zero-order valence-corrected chi connectivity index (χ0v) is 23.1. The summed E-state index contributed by atoms with van der Waals surface area (Å²) >= 11 is 0.943. The summed E-state index contributed by atoms with van der Waals surface area (Å²) in [6.07, 6.45) is 1.06. The van der Waals surface area contributed by atoms with Crippen LogP contribution in [-0.2, 0) is 25.0 Å². The third-order valence-electron chi connectivity index (χ3n) is 5.68. The first-order valence-electron chi connectivity index (χ1n) is 11.5. The fraction of sp³-hybridized carbons (Fsp3) is 0.120. The first-order chi connectivity index (χ1) is 18.8. The Morgan fingerprint density at radius 3 is 2.27 bits per heavy atom. The number of benzene rings is 3. The molecule has 0 saturated carbocycles. The van der Waals surface area contributed by atoms with Crippen molar-refractivity contribution < 1.29 is 30.7 Å². The quantitative estimate of drug-likeness (QED) is 0.145. The molecule has 1 amide bonds. The Morgan fingerprint density at radius 2 is 1.68 bits per heavy atom. The fourth-order valence-corrected chi connectivity index (χ4v) is 6.25. The molecule has 1 heterocycles. The lowest BCUT2D eigenvalue weighted by molar-refractivity contribution is -0.116. The van der Waals surface area contributed by atoms with Gasteiger partial charge in [0.25, 0.3) is 20.2 Å². The minimum atomic E-state index is -4.84. The zero-order chi connectivity index (χ0) is 29.2. The molecule has 0 aliphatic carbocycles. The molecular formula is C25H21N5O7S3. The average molecular weight is 600 g/mol. The van der Waals surface area contributed by atoms with E-state index in [4.69, 9.17) is 5.73 Å². The van der Waals surface area contributed by atoms with Crippen molar-refractivity contribution in [3.8, 4) is 17.2 Å². The number of nitrogens with one attached hydrogen (secondary N) is 1. The average Bonchev–Trinajstić information content (AvgIpc) is 3.21. The van der Waals surface area contributed by atoms with Gasteiger partial charge in [-0.2, -0.15) is 22.1 Å². The molecule has 3 aromatic carbocycles. The molecule has 4 aromatic rings. The summed E-state index contributed by atoms with van der Waals surface area (Å²) in [5.74, 6) is -0.140. The Kier molecular flexibility index (Phi) is 8.00. The van der Waals surface area contributed by atoms with Gasteiger partial charge >= 0.3 is 0 Å². The number of nitrogens with two attached hydrogens (primary N) is 1. The summed E-state index contributed by atoms with van der Waals surface area (Å²) in [6, 6.07) is 14.4. The molecule has 0 saturated heterocycles. The number of azo groups is 1. The maximum atomic E-state index is 12.1. The van der Waals surface area contributed by atoms with E-state index in [0.717, 1.165) is 23.5 Å². The van der Waals surface area contributed by atoms with E-state index in [9.17, 15) is 36.0 Å². The molecule has 12 nitrogen and oxygen atoms in total. The molecule has 206 valence electrons. The lowest BCUT2D eigenvalue weighted by atomic mass is 10.0. The molecule has 0 aliphatic rings. The molecule has 0 unspecified atom stereocenters. The van der Waals surface area contributed by atoms with Crippen LogP contribution in [0.2, 0.25) is 0 Å². The molecule has 0 atom stereocenters. The molecule has 1 aromatic heterocycles. The van der Waals surface area contributed by atoms with Gasteiger partial charge < -0.3 is 11.1 Å². The van der Waals surface area contributed by atoms with Gasteiger partial charge in [0.05, 0.1) is 11.3 Å². The van der Waals surface area contributed by atoms with Crippen molar-refractivity contribution in [1.82, 2.24) is 0 Å². The molecule has 0 aliphatic heterocycles. The Balaban J connectivity index is 1.83. The molecule has 5 N–H and O–H groups in total. The maximum absolute atomic E-state index is 12.1. The van der Waals surface area contributed by atoms with Crippen molar-refractivity contribution in [3.05, 3.63) is 60.2 Å². The van der Waals surface area contributed by atoms with Crippen LogP contribution in [0.25, 0.3) is 21.9 Å². The maximum Gasteiger partial charge on any atom is 0.295 e. The normalized spacial score (nSPS) is 12.1. The van der Waals surface area contributed by atoms with E-state index in [1.807, 2.05) is 13.0 Å². The van der Waals surface area contributed by atoms with Gasteiger partial charge in [-0.25, -0.2) is 0 Å². The van der Waals surface area contributed by atoms with Crippen LogP contribution in [0.5, 0.6) is 0 Å². The summed E-state index contributed by atoms with van der Waals surface area (Å²) in [5, 5.41) is 20.6. The lowest BCUT2D eigenvalue weighted by Gasteiger charge is -2.09. The number of rotatable bonds is 8. The second-order valence-corrected chi connectivity index (χ2v) is 12.3. The van der Waals surface area contributed by atoms with Gasteiger partial charge in [0.2, 0.25) is 5.91 Å². The highest BCUT2D eigenvalue weighted by atomic mass is 32.2. The van der Waals surface area contributed by atoms with Gasteiger partial charge in [-0.1, -0.05) is 42.5 Å². The van der Waals surface area contributed by atoms with E-state index in [-0.39, 0.29) is 37.9 Å². The molecule has 0 spiro atoms. The highest BCUT2D eigenvalue weighted by Crippen LogP contribution is 2.45. The van der Waals surface area contributed by atoms with Gasteiger partial charge in [-0.05, 0) is 42.3 Å². The van der Waals surface area contributed by atoms with Crippen molar-refractivity contribution in [1.29, 1.82) is 5.26 Å². The number of anilines is 2. The smallest absolute Gasteiger partial charge is 0.295 e. The van der Waals surface area contributed by atoms with Gasteiger partial charge in [0.1, 0.15) is 25.9 Å². The van der Waals surface area contributed by atoms with E-state index in [2.05, 4.69) is 15.5 Å². The Morgan fingerprint density at radius 1 is 1.00 bits per heavy atom. The first-order valence-corrected chi connectivity index (χ1v) is 15.2. The molecule has 15 heteroatoms. The number of amides is 1. The van der Waals surface area contributed by atoms with E-state index in [1.54, 1.807) is 24.3 Å². The van der Waals surface area contributed by atoms with Crippen molar-refractivity contribution in [2.24, 2.45) is 10.2 Å². The van der Waals surface area contributed by atoms with Crippen molar-refractivity contribution in [2.75, 3.05) is 11.1 Å². The molecule has 40 heavy (non-hydrogen) atoms. The molecule has 4 rings (SSSR count). The van der Waals surface area contributed by atoms with Crippen LogP contribution in [0.15, 0.2) is 74.6 Å². The van der Waals surface area contributed by atoms with Gasteiger partial charge in [0.15, 0.2) is 0 Å². The highest BCUT2D eigenvalue weighted by Gasteiger charge is 2.22. The van der Waals surface area contributed by atoms with Crippen LogP contribution < -0.4 is 11.1 Å². The summed E-state index contributed by atoms with van der Waals surface area (Å²) in [7, 11) is -9.60. The largest absolute Gasteiger partial charge is 0.389 e. The minimum absolute atomic E-state index is 0.132. The number of nitriles is 1. The number of carbonyl (C=O) groups excluding carboxylic acids is 1. The van der Waals surface area contributed by atoms with E-state index in [1.165, 1.54) is 18.2 Å². The first kappa shape index (κ1) is 28.8. The Labute approximate surface area is 233 Å². The Hall–Kier alpha value is -4.20. The minimum Gasteiger partial charge on any atom is -0.389 e. The standard InChI is InChI=1S/C25H21N5O7S3/c1-2-4-22(31)28-15-9-7-14(8-10-15)23-19(13-26)24(27)38-25(23)30-29-16-11-18-17(21(12-16)40(35,36)37)5-3-6-20(18)39(32,33)34/h3,5-12H,2,4,27H2,1H3,(H,28,31)(H,32,33,34)(H,35,36,37)/b30-29+. The summed E-state index contributed by atoms with van der Waals surface area (Å²) in [5.41, 5.74) is 7.44. The van der Waals surface area contributed by atoms with Crippen LogP contribution in [0.3, 0.4) is 0 Å². The predicted molar refractivity (Wildman–Crippen MR) is 150 cm³/mol. The fourth-order valence-electron chi connectivity index (χ4n) is 3.96. The number of nitrogens with zero attached hydrogens (tertiary/aromatic N) is 3. The highest BCUT2D eigenvalue weighted by molar-refractivity contribution is 7.86. The zero-order valence-electron chi connectivity index (χ0n) is 20.7. The molecule has 0 bridgehead atoms. The number of fused-ring (bicyclic) bond motifs is 1. The van der Waals surface area contributed by atoms with Crippen LogP contribution in [-0.4, -0.2) is 31.8 Å². The predicted octanol–water partition coefficient (Wildman–Crippen LogP) is 5.67. The van der Waals surface area contributed by atoms with Gasteiger partial charge in [-0.15, -0.1) is 10.2 Å². The third kappa shape index (κ3) is 6.01. The van der Waals surface area contributed by atoms with Crippen LogP contribution >= 0.6 is 11.3 Å². The molecular weight excluding hydrogens is 579 g/mol. The topological polar surface area (TPSA) is 212 Å². The number of nitrogen functional groups attached to an aromatic ring is 1. The van der Waals surface area contributed by atoms with Crippen molar-refractivity contribution >= 4 is 69.6 Å². The summed E-state index contributed by atoms with van der Waals surface area (Å²) in [6.45, 7) is 1.89. The molecule has 0 fully saturated rings. The van der Waals surface area contributed by atoms with E-state index >= 15 is 0 Å². The lowest BCUT2D eigenvalue weighted by Crippen LogP contribution is -2.10. The number of carbonyl (C=O) groups is 1. The van der Waals surface area contributed by atoms with Crippen LogP contribution in [0.1, 0.15) is 25.3 Å². The summed E-state index contributed by atoms with van der Waals surface area (Å²) < 4.78 is 67.4. The van der Waals surface area contributed by atoms with Gasteiger partial charge in [0, 0.05) is 28.4 Å². The van der Waals surface area contributed by atoms with E-state index in [0.29, 0.717) is 29.7 Å². The van der Waals surface area contributed by atoms with Gasteiger partial charge in [-0.3, -0.25) is 13.9 Å². The monoisotopic (exact) mass is 599 g/mol. The number of hydrogen-bond donors (Lipinski definition) is 4. The number of thiophene rings is 1. The van der Waals surface area contributed by atoms with Crippen molar-refractivity contribution in [3.63, 3.8) is 0 Å². The third-order valence-corrected chi connectivity index (χ3v) is 8.39. The van der Waals surface area contributed by atoms with Crippen LogP contribution in [0.4, 0.5) is 21.4 Å². The van der Waals surface area contributed by atoms with Crippen molar-refractivity contribution in [2.45, 2.75) is 29.6 Å². The number of hydrogen-bond acceptors (Lipinski definition) is 10. The Bertz CT molecular complexity index is 1930. The SMILES string of the molecule is CCCC(=O)Nc1ccc(-c2c(/N=N/c3cc(S(=O)(=O)O)c4cccc(S(=O)(=O)O)c4c3)sc(N)c2C#N)cc1. The summed E-state index contributed by atoms with van der Waals surface area (Å²) in [4.78, 5) is 10.7. The van der Waals surface area contributed by atoms with E-state index < -0.39 is 30.0 Å². The molecule has 0 radical (unpaired) electrons. The van der Waals surface area contributed by atoms with Crippen LogP contribution in [0, 0.1) is 11.3 Å². The second kappa shape index (κ2) is 11.1. The second-order valence-electron chi connectivity index (χ2n) is 8.45.